The fraction of sp³-hybridized carbons (Fsp3) is 0.923. The number of rotatable bonds is 5. The van der Waals surface area contributed by atoms with Crippen molar-refractivity contribution < 1.29 is 4.79 Å². The third-order valence-corrected chi connectivity index (χ3v) is 4.92. The number of hydrogen-bond acceptors (Lipinski definition) is 2. The number of carbonyl (C=O) groups excluding carboxylic acids is 1. The van der Waals surface area contributed by atoms with Crippen molar-refractivity contribution in [2.24, 2.45) is 11.8 Å². The van der Waals surface area contributed by atoms with Gasteiger partial charge in [-0.2, -0.15) is 0 Å². The van der Waals surface area contributed by atoms with Gasteiger partial charge in [0.2, 0.25) is 5.91 Å². The zero-order valence-corrected chi connectivity index (χ0v) is 13.0. The van der Waals surface area contributed by atoms with E-state index >= 15 is 0 Å². The van der Waals surface area contributed by atoms with Crippen molar-refractivity contribution >= 4 is 21.8 Å². The maximum atomic E-state index is 11.8. The number of carbonyl (C=O) groups is 1. The van der Waals surface area contributed by atoms with Crippen molar-refractivity contribution in [3.05, 3.63) is 0 Å². The van der Waals surface area contributed by atoms with E-state index < -0.39 is 0 Å². The van der Waals surface area contributed by atoms with Crippen LogP contribution >= 0.6 is 15.9 Å². The quantitative estimate of drug-likeness (QED) is 0.790. The van der Waals surface area contributed by atoms with Crippen molar-refractivity contribution in [1.82, 2.24) is 10.2 Å². The van der Waals surface area contributed by atoms with Gasteiger partial charge in [-0.15, -0.1) is 0 Å². The minimum Gasteiger partial charge on any atom is -0.355 e. The van der Waals surface area contributed by atoms with Gasteiger partial charge in [0.15, 0.2) is 0 Å². The smallest absolute Gasteiger partial charge is 0.234 e. The first-order valence-electron chi connectivity index (χ1n) is 6.57. The molecule has 1 saturated heterocycles. The molecule has 1 fully saturated rings. The molecule has 1 heterocycles. The summed E-state index contributed by atoms with van der Waals surface area (Å²) in [5, 5.41) is 3.05. The standard InChI is InChI=1S/C13H25BrN2O/c1-9(2)12(14)13(17)15-7-11-5-6-16(8-11)10(3)4/h9-12H,5-8H2,1-4H3,(H,15,17). The van der Waals surface area contributed by atoms with Crippen molar-refractivity contribution in [1.29, 1.82) is 0 Å². The van der Waals surface area contributed by atoms with E-state index in [2.05, 4.69) is 53.8 Å². The van der Waals surface area contributed by atoms with Crippen molar-refractivity contribution in [3.8, 4) is 0 Å². The van der Waals surface area contributed by atoms with Gasteiger partial charge in [0.05, 0.1) is 4.83 Å². The summed E-state index contributed by atoms with van der Waals surface area (Å²) in [4.78, 5) is 14.2. The Kier molecular flexibility index (Phi) is 5.93. The Bertz CT molecular complexity index is 256. The average Bonchev–Trinajstić information content (AvgIpc) is 2.73. The highest BCUT2D eigenvalue weighted by Crippen LogP contribution is 2.18. The molecule has 1 amide bonds. The van der Waals surface area contributed by atoms with Gasteiger partial charge in [-0.25, -0.2) is 0 Å². The predicted molar refractivity (Wildman–Crippen MR) is 75.4 cm³/mol. The van der Waals surface area contributed by atoms with Crippen LogP contribution in [0, 0.1) is 11.8 Å². The van der Waals surface area contributed by atoms with Gasteiger partial charge in [-0.1, -0.05) is 29.8 Å². The van der Waals surface area contributed by atoms with Crippen LogP contribution in [0.5, 0.6) is 0 Å². The van der Waals surface area contributed by atoms with E-state index in [1.807, 2.05) is 0 Å². The molecule has 1 aliphatic heterocycles. The number of alkyl halides is 1. The molecular formula is C13H25BrN2O. The van der Waals surface area contributed by atoms with Crippen LogP contribution in [0.2, 0.25) is 0 Å². The Balaban J connectivity index is 2.26. The Morgan fingerprint density at radius 2 is 2.06 bits per heavy atom. The molecule has 0 aromatic rings. The van der Waals surface area contributed by atoms with E-state index in [0.29, 0.717) is 17.9 Å². The number of amides is 1. The van der Waals surface area contributed by atoms with Gasteiger partial charge in [0.25, 0.3) is 0 Å². The first kappa shape index (κ1) is 15.0. The number of nitrogens with one attached hydrogen (secondary N) is 1. The van der Waals surface area contributed by atoms with Crippen molar-refractivity contribution in [2.75, 3.05) is 19.6 Å². The normalized spacial score (nSPS) is 23.4. The minimum absolute atomic E-state index is 0.0647. The molecule has 17 heavy (non-hydrogen) atoms. The molecule has 1 rings (SSSR count). The summed E-state index contributed by atoms with van der Waals surface area (Å²) in [6, 6.07) is 0.621. The van der Waals surface area contributed by atoms with Gasteiger partial charge in [-0.3, -0.25) is 4.79 Å². The molecule has 0 saturated carbocycles. The van der Waals surface area contributed by atoms with E-state index in [0.717, 1.165) is 13.1 Å². The third-order valence-electron chi connectivity index (χ3n) is 3.45. The van der Waals surface area contributed by atoms with Crippen LogP contribution in [0.15, 0.2) is 0 Å². The molecule has 0 bridgehead atoms. The highest BCUT2D eigenvalue weighted by Gasteiger charge is 2.25. The fourth-order valence-corrected chi connectivity index (χ4v) is 2.31. The summed E-state index contributed by atoms with van der Waals surface area (Å²) < 4.78 is 0. The maximum Gasteiger partial charge on any atom is 0.234 e. The van der Waals surface area contributed by atoms with Crippen molar-refractivity contribution in [2.45, 2.75) is 45.0 Å². The minimum atomic E-state index is -0.0647. The zero-order valence-electron chi connectivity index (χ0n) is 11.4. The van der Waals surface area contributed by atoms with E-state index in [1.54, 1.807) is 0 Å². The summed E-state index contributed by atoms with van der Waals surface area (Å²) in [5.41, 5.74) is 0. The molecule has 4 heteroatoms. The van der Waals surface area contributed by atoms with E-state index in [9.17, 15) is 4.79 Å². The first-order valence-corrected chi connectivity index (χ1v) is 7.49. The molecule has 1 N–H and O–H groups in total. The van der Waals surface area contributed by atoms with Crippen LogP contribution in [-0.4, -0.2) is 41.3 Å². The lowest BCUT2D eigenvalue weighted by atomic mass is 10.1. The van der Waals surface area contributed by atoms with E-state index in [-0.39, 0.29) is 10.7 Å². The highest BCUT2D eigenvalue weighted by molar-refractivity contribution is 9.10. The molecule has 0 aliphatic carbocycles. The largest absolute Gasteiger partial charge is 0.355 e. The molecule has 2 unspecified atom stereocenters. The summed E-state index contributed by atoms with van der Waals surface area (Å²) in [6.07, 6.45) is 1.20. The second-order valence-corrected chi connectivity index (χ2v) is 6.62. The summed E-state index contributed by atoms with van der Waals surface area (Å²) in [5.74, 6) is 1.09. The van der Waals surface area contributed by atoms with Gasteiger partial charge < -0.3 is 10.2 Å². The van der Waals surface area contributed by atoms with Gasteiger partial charge in [-0.05, 0) is 38.6 Å². The molecule has 0 aromatic heterocycles. The summed E-state index contributed by atoms with van der Waals surface area (Å²) in [7, 11) is 0. The number of halogens is 1. The number of nitrogens with zero attached hydrogens (tertiary/aromatic N) is 1. The van der Waals surface area contributed by atoms with Gasteiger partial charge in [0, 0.05) is 19.1 Å². The third kappa shape index (κ3) is 4.59. The molecular weight excluding hydrogens is 280 g/mol. The second kappa shape index (κ2) is 6.74. The lowest BCUT2D eigenvalue weighted by Crippen LogP contribution is -2.38. The van der Waals surface area contributed by atoms with E-state index in [1.165, 1.54) is 13.0 Å². The molecule has 100 valence electrons. The van der Waals surface area contributed by atoms with Crippen LogP contribution in [-0.2, 0) is 4.79 Å². The van der Waals surface area contributed by atoms with Crippen LogP contribution < -0.4 is 5.32 Å². The van der Waals surface area contributed by atoms with Gasteiger partial charge in [0.1, 0.15) is 0 Å². The monoisotopic (exact) mass is 304 g/mol. The Morgan fingerprint density at radius 1 is 1.41 bits per heavy atom. The number of hydrogen-bond donors (Lipinski definition) is 1. The topological polar surface area (TPSA) is 32.3 Å². The molecule has 0 spiro atoms. The first-order chi connectivity index (χ1) is 7.91. The van der Waals surface area contributed by atoms with Gasteiger partial charge >= 0.3 is 0 Å². The van der Waals surface area contributed by atoms with Crippen LogP contribution in [0.4, 0.5) is 0 Å². The number of likely N-dealkylation sites (tertiary alicyclic amines) is 1. The molecule has 0 radical (unpaired) electrons. The average molecular weight is 305 g/mol. The lowest BCUT2D eigenvalue weighted by molar-refractivity contribution is -0.121. The Hall–Kier alpha value is -0.0900. The predicted octanol–water partition coefficient (Wildman–Crippen LogP) is 2.25. The van der Waals surface area contributed by atoms with Crippen molar-refractivity contribution in [3.63, 3.8) is 0 Å². The Labute approximate surface area is 113 Å². The van der Waals surface area contributed by atoms with Crippen LogP contribution in [0.1, 0.15) is 34.1 Å². The Morgan fingerprint density at radius 3 is 2.53 bits per heavy atom. The molecule has 2 atom stereocenters. The maximum absolute atomic E-state index is 11.8. The molecule has 1 aliphatic rings. The van der Waals surface area contributed by atoms with E-state index in [4.69, 9.17) is 0 Å². The SMILES string of the molecule is CC(C)C(Br)C(=O)NCC1CCN(C(C)C)C1. The zero-order chi connectivity index (χ0) is 13.0. The summed E-state index contributed by atoms with van der Waals surface area (Å²) >= 11 is 3.43. The second-order valence-electron chi connectivity index (χ2n) is 5.63. The lowest BCUT2D eigenvalue weighted by Gasteiger charge is -2.20. The van der Waals surface area contributed by atoms with Crippen LogP contribution in [0.25, 0.3) is 0 Å². The fourth-order valence-electron chi connectivity index (χ4n) is 2.14. The van der Waals surface area contributed by atoms with Crippen LogP contribution in [0.3, 0.4) is 0 Å². The summed E-state index contributed by atoms with van der Waals surface area (Å²) in [6.45, 7) is 11.7. The molecule has 3 nitrogen and oxygen atoms in total. The highest BCUT2D eigenvalue weighted by atomic mass is 79.9. The molecule has 0 aromatic carbocycles.